The molecule has 0 unspecified atom stereocenters. The highest BCUT2D eigenvalue weighted by molar-refractivity contribution is 4.61. The van der Waals surface area contributed by atoms with Crippen LogP contribution in [0.2, 0.25) is 0 Å². The van der Waals surface area contributed by atoms with Crippen LogP contribution in [-0.4, -0.2) is 50.1 Å². The Hall–Kier alpha value is -0.0800. The molecule has 0 aliphatic rings. The van der Waals surface area contributed by atoms with Crippen LogP contribution < -0.4 is 0 Å². The molecule has 0 N–H and O–H groups in total. The Morgan fingerprint density at radius 2 is 0.429 bits per heavy atom. The summed E-state index contributed by atoms with van der Waals surface area (Å²) in [5.74, 6) is 0. The largest absolute Gasteiger partial charge is 0.309 e. The van der Waals surface area contributed by atoms with Gasteiger partial charge in [-0.3, -0.25) is 0 Å². The van der Waals surface area contributed by atoms with Gasteiger partial charge >= 0.3 is 0 Å². The Morgan fingerprint density at radius 3 is 0.667 bits per heavy atom. The third-order valence-electron chi connectivity index (χ3n) is 9.49. The molecule has 42 heavy (non-hydrogen) atoms. The molecule has 0 atom stereocenters. The normalized spacial score (nSPS) is 11.9. The molecule has 0 aromatic rings. The second-order valence-electron chi connectivity index (χ2n) is 14.3. The van der Waals surface area contributed by atoms with Crippen LogP contribution >= 0.6 is 0 Å². The topological polar surface area (TPSA) is 6.48 Å². The maximum absolute atomic E-state index is 2.82. The summed E-state index contributed by atoms with van der Waals surface area (Å²) in [4.78, 5) is 5.16. The van der Waals surface area contributed by atoms with Crippen LogP contribution in [0, 0.1) is 0 Å². The summed E-state index contributed by atoms with van der Waals surface area (Å²) >= 11 is 0. The van der Waals surface area contributed by atoms with E-state index in [2.05, 4.69) is 37.7 Å². The molecule has 0 bridgehead atoms. The van der Waals surface area contributed by atoms with Crippen molar-refractivity contribution in [3.63, 3.8) is 0 Å². The number of nitrogens with zero attached hydrogens (tertiary/aromatic N) is 2. The third kappa shape index (κ3) is 36.1. The van der Waals surface area contributed by atoms with Crippen molar-refractivity contribution in [1.82, 2.24) is 9.80 Å². The molecule has 0 amide bonds. The molecule has 2 nitrogen and oxygen atoms in total. The number of unbranched alkanes of at least 4 members (excludes halogenated alkanes) is 29. The Bertz CT molecular complexity index is 429. The van der Waals surface area contributed by atoms with Gasteiger partial charge in [-0.1, -0.05) is 194 Å². The molecule has 0 aromatic carbocycles. The Balaban J connectivity index is 3.69. The van der Waals surface area contributed by atoms with Crippen LogP contribution in [-0.2, 0) is 0 Å². The SMILES string of the molecule is CCCCCCCCCCCCCCCCCN(CCCCCCCCCCCCCCCCC)CCCCN(C)C. The molecule has 0 rings (SSSR count). The molecule has 0 saturated carbocycles. The van der Waals surface area contributed by atoms with Crippen molar-refractivity contribution < 1.29 is 0 Å². The van der Waals surface area contributed by atoms with Gasteiger partial charge in [-0.25, -0.2) is 0 Å². The van der Waals surface area contributed by atoms with Crippen LogP contribution in [0.1, 0.15) is 219 Å². The zero-order valence-electron chi connectivity index (χ0n) is 30.4. The lowest BCUT2D eigenvalue weighted by Gasteiger charge is -2.23. The van der Waals surface area contributed by atoms with E-state index in [1.54, 1.807) is 0 Å². The van der Waals surface area contributed by atoms with Gasteiger partial charge in [-0.2, -0.15) is 0 Å². The molecular formula is C40H84N2. The maximum atomic E-state index is 2.82. The lowest BCUT2D eigenvalue weighted by molar-refractivity contribution is 0.250. The van der Waals surface area contributed by atoms with E-state index in [4.69, 9.17) is 0 Å². The summed E-state index contributed by atoms with van der Waals surface area (Å²) in [6.07, 6.45) is 46.5. The zero-order chi connectivity index (χ0) is 30.6. The molecule has 254 valence electrons. The van der Waals surface area contributed by atoms with Gasteiger partial charge in [0.05, 0.1) is 0 Å². The first-order valence-corrected chi connectivity index (χ1v) is 20.1. The van der Waals surface area contributed by atoms with Crippen molar-refractivity contribution in [3.05, 3.63) is 0 Å². The van der Waals surface area contributed by atoms with E-state index in [9.17, 15) is 0 Å². The van der Waals surface area contributed by atoms with Crippen molar-refractivity contribution in [1.29, 1.82) is 0 Å². The van der Waals surface area contributed by atoms with E-state index in [1.807, 2.05) is 0 Å². The van der Waals surface area contributed by atoms with Crippen molar-refractivity contribution in [3.8, 4) is 0 Å². The zero-order valence-corrected chi connectivity index (χ0v) is 30.4. The standard InChI is InChI=1S/C40H84N2/c1-5-7-9-11-13-15-17-19-21-23-25-27-29-31-33-38-42(40-36-35-37-41(3)4)39-34-32-30-28-26-24-22-20-18-16-14-12-10-8-6-2/h5-40H2,1-4H3. The van der Waals surface area contributed by atoms with Gasteiger partial charge in [0.2, 0.25) is 0 Å². The molecule has 0 aliphatic carbocycles. The van der Waals surface area contributed by atoms with Gasteiger partial charge in [0.25, 0.3) is 0 Å². The highest BCUT2D eigenvalue weighted by atomic mass is 15.1. The minimum absolute atomic E-state index is 1.24. The number of rotatable bonds is 37. The first-order valence-electron chi connectivity index (χ1n) is 20.1. The maximum Gasteiger partial charge on any atom is -0.00183 e. The molecular weight excluding hydrogens is 508 g/mol. The summed E-state index contributed by atoms with van der Waals surface area (Å²) < 4.78 is 0. The summed E-state index contributed by atoms with van der Waals surface area (Å²) in [6, 6.07) is 0. The van der Waals surface area contributed by atoms with Crippen LogP contribution in [0.3, 0.4) is 0 Å². The third-order valence-corrected chi connectivity index (χ3v) is 9.49. The van der Waals surface area contributed by atoms with E-state index in [1.165, 1.54) is 232 Å². The lowest BCUT2D eigenvalue weighted by Crippen LogP contribution is -2.28. The highest BCUT2D eigenvalue weighted by Gasteiger charge is 2.05. The number of hydrogen-bond acceptors (Lipinski definition) is 2. The molecule has 0 radical (unpaired) electrons. The molecule has 0 aliphatic heterocycles. The fraction of sp³-hybridized carbons (Fsp3) is 1.00. The fourth-order valence-electron chi connectivity index (χ4n) is 6.51. The predicted octanol–water partition coefficient (Wildman–Crippen LogP) is 13.4. The second kappa shape index (κ2) is 37.1. The summed E-state index contributed by atoms with van der Waals surface area (Å²) in [6.45, 7) is 9.88. The first-order chi connectivity index (χ1) is 20.7. The van der Waals surface area contributed by atoms with Crippen LogP contribution in [0.4, 0.5) is 0 Å². The molecule has 0 heterocycles. The van der Waals surface area contributed by atoms with E-state index >= 15 is 0 Å². The quantitative estimate of drug-likeness (QED) is 0.0662. The Kier molecular flexibility index (Phi) is 37.0. The highest BCUT2D eigenvalue weighted by Crippen LogP contribution is 2.15. The van der Waals surface area contributed by atoms with E-state index < -0.39 is 0 Å². The predicted molar refractivity (Wildman–Crippen MR) is 194 cm³/mol. The van der Waals surface area contributed by atoms with Crippen molar-refractivity contribution in [2.45, 2.75) is 219 Å². The van der Waals surface area contributed by atoms with Crippen molar-refractivity contribution in [2.75, 3.05) is 40.3 Å². The van der Waals surface area contributed by atoms with Crippen molar-refractivity contribution in [2.24, 2.45) is 0 Å². The molecule has 0 aromatic heterocycles. The fourth-order valence-corrected chi connectivity index (χ4v) is 6.51. The molecule has 2 heteroatoms. The smallest absolute Gasteiger partial charge is 0.00183 e. The van der Waals surface area contributed by atoms with Gasteiger partial charge in [0.1, 0.15) is 0 Å². The molecule has 0 fully saturated rings. The van der Waals surface area contributed by atoms with Crippen molar-refractivity contribution >= 4 is 0 Å². The molecule has 0 saturated heterocycles. The van der Waals surface area contributed by atoms with Gasteiger partial charge in [-0.05, 0) is 66.0 Å². The average molecular weight is 593 g/mol. The monoisotopic (exact) mass is 593 g/mol. The Labute approximate surface area is 268 Å². The lowest BCUT2D eigenvalue weighted by atomic mass is 10.0. The Morgan fingerprint density at radius 1 is 0.238 bits per heavy atom. The van der Waals surface area contributed by atoms with E-state index in [-0.39, 0.29) is 0 Å². The van der Waals surface area contributed by atoms with Gasteiger partial charge < -0.3 is 9.80 Å². The first kappa shape index (κ1) is 41.9. The van der Waals surface area contributed by atoms with Crippen LogP contribution in [0.25, 0.3) is 0 Å². The van der Waals surface area contributed by atoms with Gasteiger partial charge in [0.15, 0.2) is 0 Å². The van der Waals surface area contributed by atoms with Gasteiger partial charge in [0, 0.05) is 0 Å². The van der Waals surface area contributed by atoms with E-state index in [0.717, 1.165) is 0 Å². The van der Waals surface area contributed by atoms with Gasteiger partial charge in [-0.15, -0.1) is 0 Å². The summed E-state index contributed by atoms with van der Waals surface area (Å²) in [5.41, 5.74) is 0. The molecule has 0 spiro atoms. The van der Waals surface area contributed by atoms with E-state index in [0.29, 0.717) is 0 Å². The summed E-state index contributed by atoms with van der Waals surface area (Å²) in [7, 11) is 4.42. The minimum atomic E-state index is 1.24. The average Bonchev–Trinajstić information content (AvgIpc) is 2.98. The van der Waals surface area contributed by atoms with Crippen LogP contribution in [0.15, 0.2) is 0 Å². The number of hydrogen-bond donors (Lipinski definition) is 0. The van der Waals surface area contributed by atoms with Crippen LogP contribution in [0.5, 0.6) is 0 Å². The second-order valence-corrected chi connectivity index (χ2v) is 14.3. The summed E-state index contributed by atoms with van der Waals surface area (Å²) in [5, 5.41) is 0. The minimum Gasteiger partial charge on any atom is -0.309 e.